The summed E-state index contributed by atoms with van der Waals surface area (Å²) in [5, 5.41) is 0. The van der Waals surface area contributed by atoms with Gasteiger partial charge in [0.2, 0.25) is 5.91 Å². The van der Waals surface area contributed by atoms with E-state index < -0.39 is 11.7 Å². The van der Waals surface area contributed by atoms with Crippen molar-refractivity contribution in [2.24, 2.45) is 0 Å². The van der Waals surface area contributed by atoms with Crippen LogP contribution in [0.2, 0.25) is 0 Å². The van der Waals surface area contributed by atoms with E-state index in [-0.39, 0.29) is 18.4 Å². The summed E-state index contributed by atoms with van der Waals surface area (Å²) in [6, 6.07) is 8.85. The van der Waals surface area contributed by atoms with Gasteiger partial charge in [-0.25, -0.2) is 0 Å². The zero-order valence-electron chi connectivity index (χ0n) is 14.1. The van der Waals surface area contributed by atoms with Crippen molar-refractivity contribution in [3.63, 3.8) is 0 Å². The number of halogens is 3. The Morgan fingerprint density at radius 1 is 1.23 bits per heavy atom. The van der Waals surface area contributed by atoms with E-state index in [0.29, 0.717) is 31.7 Å². The summed E-state index contributed by atoms with van der Waals surface area (Å²) in [5.41, 5.74) is 0.708. The number of benzene rings is 1. The zero-order chi connectivity index (χ0) is 18.6. The summed E-state index contributed by atoms with van der Waals surface area (Å²) in [6.07, 6.45) is -0.795. The number of hydrogen-bond acceptors (Lipinski definition) is 3. The van der Waals surface area contributed by atoms with Crippen molar-refractivity contribution in [3.8, 4) is 0 Å². The summed E-state index contributed by atoms with van der Waals surface area (Å²) in [5.74, 6) is -0.0321. The molecule has 0 bridgehead atoms. The summed E-state index contributed by atoms with van der Waals surface area (Å²) < 4.78 is 44.1. The summed E-state index contributed by atoms with van der Waals surface area (Å²) >= 11 is 0. The maximum absolute atomic E-state index is 12.8. The fourth-order valence-corrected chi connectivity index (χ4v) is 3.00. The average molecular weight is 364 g/mol. The van der Waals surface area contributed by atoms with Crippen molar-refractivity contribution in [3.05, 3.63) is 65.5 Å². The highest BCUT2D eigenvalue weighted by molar-refractivity contribution is 5.78. The van der Waals surface area contributed by atoms with E-state index in [1.54, 1.807) is 29.4 Å². The number of nitrogens with zero attached hydrogens (tertiary/aromatic N) is 2. The van der Waals surface area contributed by atoms with Crippen molar-refractivity contribution in [2.45, 2.75) is 25.1 Å². The molecule has 0 spiro atoms. The standard InChI is InChI=1S/C19H19F3N2O2/c20-19(21,22)16-5-1-3-14(9-16)10-17-13-24(7-8-26-17)18(25)11-15-4-2-6-23-12-15/h1-6,9,12,17H,7-8,10-11,13H2/t17-/m1/s1. The first kappa shape index (κ1) is 18.4. The maximum Gasteiger partial charge on any atom is 0.416 e. The fraction of sp³-hybridized carbons (Fsp3) is 0.368. The van der Waals surface area contributed by atoms with Gasteiger partial charge in [0, 0.05) is 31.9 Å². The largest absolute Gasteiger partial charge is 0.416 e. The number of amides is 1. The number of alkyl halides is 3. The lowest BCUT2D eigenvalue weighted by atomic mass is 10.0. The third kappa shape index (κ3) is 4.82. The van der Waals surface area contributed by atoms with Gasteiger partial charge in [-0.3, -0.25) is 9.78 Å². The highest BCUT2D eigenvalue weighted by atomic mass is 19.4. The van der Waals surface area contributed by atoms with Gasteiger partial charge in [-0.2, -0.15) is 13.2 Å². The molecule has 0 radical (unpaired) electrons. The Kier molecular flexibility index (Phi) is 5.56. The van der Waals surface area contributed by atoms with Gasteiger partial charge in [0.15, 0.2) is 0 Å². The van der Waals surface area contributed by atoms with Gasteiger partial charge in [0.05, 0.1) is 24.7 Å². The van der Waals surface area contributed by atoms with Crippen LogP contribution >= 0.6 is 0 Å². The molecule has 138 valence electrons. The molecule has 2 aromatic rings. The topological polar surface area (TPSA) is 42.4 Å². The van der Waals surface area contributed by atoms with Crippen molar-refractivity contribution in [1.82, 2.24) is 9.88 Å². The molecule has 1 aromatic carbocycles. The lowest BCUT2D eigenvalue weighted by molar-refractivity contribution is -0.138. The van der Waals surface area contributed by atoms with Crippen LogP contribution < -0.4 is 0 Å². The monoisotopic (exact) mass is 364 g/mol. The molecule has 3 rings (SSSR count). The van der Waals surface area contributed by atoms with Gasteiger partial charge in [-0.15, -0.1) is 0 Å². The molecule has 0 aliphatic carbocycles. The van der Waals surface area contributed by atoms with Crippen molar-refractivity contribution in [2.75, 3.05) is 19.7 Å². The minimum Gasteiger partial charge on any atom is -0.374 e. The lowest BCUT2D eigenvalue weighted by Gasteiger charge is -2.33. The number of hydrogen-bond donors (Lipinski definition) is 0. The second-order valence-corrected chi connectivity index (χ2v) is 6.27. The van der Waals surface area contributed by atoms with Crippen LogP contribution in [0.4, 0.5) is 13.2 Å². The minimum atomic E-state index is -4.37. The van der Waals surface area contributed by atoms with Gasteiger partial charge in [0.25, 0.3) is 0 Å². The number of pyridine rings is 1. The van der Waals surface area contributed by atoms with Gasteiger partial charge in [0.1, 0.15) is 0 Å². The van der Waals surface area contributed by atoms with Crippen LogP contribution in [0.5, 0.6) is 0 Å². The molecule has 1 fully saturated rings. The molecule has 26 heavy (non-hydrogen) atoms. The summed E-state index contributed by atoms with van der Waals surface area (Å²) in [4.78, 5) is 18.1. The molecule has 4 nitrogen and oxygen atoms in total. The number of ether oxygens (including phenoxy) is 1. The molecule has 7 heteroatoms. The van der Waals surface area contributed by atoms with Crippen molar-refractivity contribution < 1.29 is 22.7 Å². The van der Waals surface area contributed by atoms with E-state index in [1.807, 2.05) is 6.07 Å². The summed E-state index contributed by atoms with van der Waals surface area (Å²) in [6.45, 7) is 1.23. The van der Waals surface area contributed by atoms with Crippen LogP contribution in [0.1, 0.15) is 16.7 Å². The molecule has 1 aromatic heterocycles. The smallest absolute Gasteiger partial charge is 0.374 e. The molecule has 1 aliphatic rings. The number of aromatic nitrogens is 1. The Morgan fingerprint density at radius 2 is 2.04 bits per heavy atom. The second-order valence-electron chi connectivity index (χ2n) is 6.27. The van der Waals surface area contributed by atoms with Crippen LogP contribution in [-0.2, 0) is 28.5 Å². The average Bonchev–Trinajstić information content (AvgIpc) is 2.62. The van der Waals surface area contributed by atoms with E-state index in [1.165, 1.54) is 6.07 Å². The van der Waals surface area contributed by atoms with Crippen molar-refractivity contribution >= 4 is 5.91 Å². The number of carbonyl (C=O) groups is 1. The molecule has 1 aliphatic heterocycles. The predicted molar refractivity (Wildman–Crippen MR) is 89.4 cm³/mol. The summed E-state index contributed by atoms with van der Waals surface area (Å²) in [7, 11) is 0. The van der Waals surface area contributed by atoms with E-state index in [4.69, 9.17) is 4.74 Å². The van der Waals surface area contributed by atoms with Gasteiger partial charge in [-0.05, 0) is 23.3 Å². The Labute approximate surface area is 149 Å². The third-order valence-electron chi connectivity index (χ3n) is 4.29. The first-order valence-corrected chi connectivity index (χ1v) is 8.36. The minimum absolute atomic E-state index is 0.0321. The second kappa shape index (κ2) is 7.86. The first-order valence-electron chi connectivity index (χ1n) is 8.36. The molecular weight excluding hydrogens is 345 g/mol. The Balaban J connectivity index is 1.61. The SMILES string of the molecule is O=C(Cc1cccnc1)N1CCO[C@H](Cc2cccc(C(F)(F)F)c2)C1. The molecule has 1 atom stereocenters. The maximum atomic E-state index is 12.8. The quantitative estimate of drug-likeness (QED) is 0.837. The Hall–Kier alpha value is -2.41. The Bertz CT molecular complexity index is 750. The lowest BCUT2D eigenvalue weighted by Crippen LogP contribution is -2.46. The first-order chi connectivity index (χ1) is 12.4. The third-order valence-corrected chi connectivity index (χ3v) is 4.29. The van der Waals surface area contributed by atoms with Gasteiger partial charge >= 0.3 is 6.18 Å². The number of morpholine rings is 1. The van der Waals surface area contributed by atoms with Crippen LogP contribution in [-0.4, -0.2) is 41.6 Å². The predicted octanol–water partition coefficient (Wildman–Crippen LogP) is 3.11. The van der Waals surface area contributed by atoms with Crippen LogP contribution in [0.25, 0.3) is 0 Å². The molecular formula is C19H19F3N2O2. The van der Waals surface area contributed by atoms with Crippen LogP contribution in [0.3, 0.4) is 0 Å². The molecule has 1 saturated heterocycles. The van der Waals surface area contributed by atoms with E-state index in [2.05, 4.69) is 4.98 Å². The number of rotatable bonds is 4. The van der Waals surface area contributed by atoms with Crippen LogP contribution in [0.15, 0.2) is 48.8 Å². The highest BCUT2D eigenvalue weighted by Crippen LogP contribution is 2.30. The van der Waals surface area contributed by atoms with E-state index >= 15 is 0 Å². The molecule has 1 amide bonds. The van der Waals surface area contributed by atoms with Crippen molar-refractivity contribution in [1.29, 1.82) is 0 Å². The van der Waals surface area contributed by atoms with Gasteiger partial charge in [-0.1, -0.05) is 24.3 Å². The number of carbonyl (C=O) groups excluding carboxylic acids is 1. The molecule has 2 heterocycles. The normalized spacial score (nSPS) is 18.0. The molecule has 0 saturated carbocycles. The molecule has 0 unspecified atom stereocenters. The Morgan fingerprint density at radius 3 is 2.77 bits per heavy atom. The van der Waals surface area contributed by atoms with Gasteiger partial charge < -0.3 is 9.64 Å². The molecule has 0 N–H and O–H groups in total. The zero-order valence-corrected chi connectivity index (χ0v) is 14.1. The fourth-order valence-electron chi connectivity index (χ4n) is 3.00. The van der Waals surface area contributed by atoms with E-state index in [0.717, 1.165) is 17.7 Å². The van der Waals surface area contributed by atoms with E-state index in [9.17, 15) is 18.0 Å². The van der Waals surface area contributed by atoms with Crippen LogP contribution in [0, 0.1) is 0 Å². The highest BCUT2D eigenvalue weighted by Gasteiger charge is 2.31.